The fourth-order valence-corrected chi connectivity index (χ4v) is 2.09. The summed E-state index contributed by atoms with van der Waals surface area (Å²) >= 11 is 0. The van der Waals surface area contributed by atoms with E-state index in [1.54, 1.807) is 7.05 Å². The normalized spacial score (nSPS) is 13.9. The summed E-state index contributed by atoms with van der Waals surface area (Å²) in [6.45, 7) is 1.03. The van der Waals surface area contributed by atoms with Gasteiger partial charge in [0.15, 0.2) is 0 Å². The molecule has 0 saturated carbocycles. The summed E-state index contributed by atoms with van der Waals surface area (Å²) in [6.07, 6.45) is 1.96. The smallest absolute Gasteiger partial charge is 0.210 e. The van der Waals surface area contributed by atoms with Gasteiger partial charge in [-0.1, -0.05) is 30.3 Å². The molecule has 0 spiro atoms. The van der Waals surface area contributed by atoms with E-state index in [1.807, 2.05) is 30.3 Å². The van der Waals surface area contributed by atoms with Crippen molar-refractivity contribution in [2.45, 2.75) is 12.3 Å². The average Bonchev–Trinajstić information content (AvgIpc) is 2.29. The molecule has 1 aromatic carbocycles. The lowest BCUT2D eigenvalue weighted by atomic mass is 9.96. The summed E-state index contributed by atoms with van der Waals surface area (Å²) in [5.74, 6) is 0.209. The summed E-state index contributed by atoms with van der Waals surface area (Å²) in [6, 6.07) is 9.95. The van der Waals surface area contributed by atoms with Crippen molar-refractivity contribution in [2.24, 2.45) is 5.73 Å². The Kier molecular flexibility index (Phi) is 5.11. The van der Waals surface area contributed by atoms with Crippen LogP contribution in [0.3, 0.4) is 0 Å². The molecule has 17 heavy (non-hydrogen) atoms. The van der Waals surface area contributed by atoms with Gasteiger partial charge in [-0.05, 0) is 24.4 Å². The molecule has 1 atom stereocenters. The van der Waals surface area contributed by atoms with Gasteiger partial charge in [-0.3, -0.25) is 0 Å². The molecular weight excluding hydrogens is 236 g/mol. The third-order valence-electron chi connectivity index (χ3n) is 2.91. The molecule has 0 bridgehead atoms. The highest BCUT2D eigenvalue weighted by atomic mass is 32.2. The number of nitrogens with two attached hydrogens (primary N) is 1. The van der Waals surface area contributed by atoms with Gasteiger partial charge in [0.05, 0.1) is 6.26 Å². The maximum Gasteiger partial charge on any atom is 0.210 e. The van der Waals surface area contributed by atoms with E-state index in [9.17, 15) is 8.42 Å². The quantitative estimate of drug-likeness (QED) is 0.826. The molecule has 4 nitrogen and oxygen atoms in total. The predicted octanol–water partition coefficient (Wildman–Crippen LogP) is 1.01. The van der Waals surface area contributed by atoms with Crippen molar-refractivity contribution >= 4 is 10.0 Å². The van der Waals surface area contributed by atoms with Crippen LogP contribution < -0.4 is 5.73 Å². The Morgan fingerprint density at radius 3 is 2.35 bits per heavy atom. The van der Waals surface area contributed by atoms with E-state index in [1.165, 1.54) is 10.6 Å². The van der Waals surface area contributed by atoms with E-state index in [2.05, 4.69) is 0 Å². The maximum atomic E-state index is 11.3. The molecule has 1 unspecified atom stereocenters. The Balaban J connectivity index is 2.61. The van der Waals surface area contributed by atoms with Gasteiger partial charge in [0, 0.05) is 13.6 Å². The van der Waals surface area contributed by atoms with E-state index in [4.69, 9.17) is 5.73 Å². The maximum absolute atomic E-state index is 11.3. The first-order valence-electron chi connectivity index (χ1n) is 5.61. The second kappa shape index (κ2) is 6.14. The summed E-state index contributed by atoms with van der Waals surface area (Å²) in [7, 11) is -1.51. The molecule has 0 aliphatic carbocycles. The average molecular weight is 256 g/mol. The van der Waals surface area contributed by atoms with Crippen LogP contribution in [0.2, 0.25) is 0 Å². The lowest BCUT2D eigenvalue weighted by Crippen LogP contribution is -2.28. The fraction of sp³-hybridized carbons (Fsp3) is 0.500. The van der Waals surface area contributed by atoms with Crippen LogP contribution in [0.15, 0.2) is 30.3 Å². The molecule has 0 amide bonds. The minimum Gasteiger partial charge on any atom is -0.330 e. The summed E-state index contributed by atoms with van der Waals surface area (Å²) in [4.78, 5) is 0. The second-order valence-corrected chi connectivity index (χ2v) is 6.31. The minimum atomic E-state index is -3.10. The van der Waals surface area contributed by atoms with Crippen LogP contribution >= 0.6 is 0 Å². The molecule has 1 aromatic rings. The zero-order valence-corrected chi connectivity index (χ0v) is 11.2. The summed E-state index contributed by atoms with van der Waals surface area (Å²) in [5.41, 5.74) is 6.90. The van der Waals surface area contributed by atoms with Crippen LogP contribution in [0.4, 0.5) is 0 Å². The number of sulfonamides is 1. The standard InChI is InChI=1S/C12H20N2O2S/c1-14(17(2,15)16)9-8-12(10-13)11-6-4-3-5-7-11/h3-7,12H,8-10,13H2,1-2H3. The van der Waals surface area contributed by atoms with E-state index in [-0.39, 0.29) is 5.92 Å². The van der Waals surface area contributed by atoms with Gasteiger partial charge in [0.1, 0.15) is 0 Å². The summed E-state index contributed by atoms with van der Waals surface area (Å²) in [5, 5.41) is 0. The highest BCUT2D eigenvalue weighted by molar-refractivity contribution is 7.88. The van der Waals surface area contributed by atoms with Crippen molar-refractivity contribution in [3.05, 3.63) is 35.9 Å². The topological polar surface area (TPSA) is 63.4 Å². The van der Waals surface area contributed by atoms with Gasteiger partial charge in [0.25, 0.3) is 0 Å². The molecule has 5 heteroatoms. The van der Waals surface area contributed by atoms with Gasteiger partial charge in [0.2, 0.25) is 10.0 Å². The van der Waals surface area contributed by atoms with E-state index in [0.29, 0.717) is 13.1 Å². The predicted molar refractivity (Wildman–Crippen MR) is 70.3 cm³/mol. The first-order chi connectivity index (χ1) is 7.95. The Bertz CT molecular complexity index is 431. The van der Waals surface area contributed by atoms with E-state index >= 15 is 0 Å². The molecule has 1 rings (SSSR count). The molecule has 96 valence electrons. The van der Waals surface area contributed by atoms with Crippen LogP contribution in [-0.2, 0) is 10.0 Å². The number of hydrogen-bond donors (Lipinski definition) is 1. The van der Waals surface area contributed by atoms with Crippen molar-refractivity contribution in [3.63, 3.8) is 0 Å². The van der Waals surface area contributed by atoms with Crippen molar-refractivity contribution in [3.8, 4) is 0 Å². The molecule has 2 N–H and O–H groups in total. The third kappa shape index (κ3) is 4.46. The first-order valence-corrected chi connectivity index (χ1v) is 7.46. The molecule has 0 aromatic heterocycles. The zero-order valence-electron chi connectivity index (χ0n) is 10.3. The SMILES string of the molecule is CN(CCC(CN)c1ccccc1)S(C)(=O)=O. The Hall–Kier alpha value is -0.910. The van der Waals surface area contributed by atoms with E-state index < -0.39 is 10.0 Å². The first kappa shape index (κ1) is 14.2. The highest BCUT2D eigenvalue weighted by Crippen LogP contribution is 2.18. The minimum absolute atomic E-state index is 0.209. The highest BCUT2D eigenvalue weighted by Gasteiger charge is 2.14. The van der Waals surface area contributed by atoms with Gasteiger partial charge in [-0.2, -0.15) is 0 Å². The Morgan fingerprint density at radius 2 is 1.88 bits per heavy atom. The molecule has 0 aliphatic rings. The number of rotatable bonds is 6. The van der Waals surface area contributed by atoms with Gasteiger partial charge >= 0.3 is 0 Å². The molecule has 0 aliphatic heterocycles. The largest absolute Gasteiger partial charge is 0.330 e. The number of hydrogen-bond acceptors (Lipinski definition) is 3. The van der Waals surface area contributed by atoms with Gasteiger partial charge in [-0.15, -0.1) is 0 Å². The number of benzene rings is 1. The van der Waals surface area contributed by atoms with Crippen LogP contribution in [0.1, 0.15) is 17.9 Å². The van der Waals surface area contributed by atoms with Gasteiger partial charge in [-0.25, -0.2) is 12.7 Å². The van der Waals surface area contributed by atoms with Crippen LogP contribution in [0.5, 0.6) is 0 Å². The zero-order chi connectivity index (χ0) is 12.9. The van der Waals surface area contributed by atoms with E-state index in [0.717, 1.165) is 12.0 Å². The van der Waals surface area contributed by atoms with Gasteiger partial charge < -0.3 is 5.73 Å². The molecule has 0 radical (unpaired) electrons. The molecule has 0 heterocycles. The van der Waals surface area contributed by atoms with Crippen molar-refractivity contribution in [2.75, 3.05) is 26.4 Å². The van der Waals surface area contributed by atoms with Crippen LogP contribution in [0.25, 0.3) is 0 Å². The Morgan fingerprint density at radius 1 is 1.29 bits per heavy atom. The lowest BCUT2D eigenvalue weighted by molar-refractivity contribution is 0.445. The number of nitrogens with zero attached hydrogens (tertiary/aromatic N) is 1. The monoisotopic (exact) mass is 256 g/mol. The third-order valence-corrected chi connectivity index (χ3v) is 4.23. The Labute approximate surface area is 103 Å². The van der Waals surface area contributed by atoms with Crippen molar-refractivity contribution < 1.29 is 8.42 Å². The fourth-order valence-electron chi connectivity index (χ4n) is 1.65. The van der Waals surface area contributed by atoms with Crippen LogP contribution in [0, 0.1) is 0 Å². The molecule has 0 fully saturated rings. The van der Waals surface area contributed by atoms with Crippen molar-refractivity contribution in [1.82, 2.24) is 4.31 Å². The molecular formula is C12H20N2O2S. The second-order valence-electron chi connectivity index (χ2n) is 4.22. The van der Waals surface area contributed by atoms with Crippen molar-refractivity contribution in [1.29, 1.82) is 0 Å². The lowest BCUT2D eigenvalue weighted by Gasteiger charge is -2.19. The molecule has 0 saturated heterocycles. The van der Waals surface area contributed by atoms with Crippen LogP contribution in [-0.4, -0.2) is 39.1 Å². The summed E-state index contributed by atoms with van der Waals surface area (Å²) < 4.78 is 23.9.